The van der Waals surface area contributed by atoms with E-state index in [4.69, 9.17) is 19.5 Å². The maximum atomic E-state index is 15.3. The summed E-state index contributed by atoms with van der Waals surface area (Å²) >= 11 is 0. The van der Waals surface area contributed by atoms with Crippen molar-refractivity contribution < 1.29 is 31.8 Å². The van der Waals surface area contributed by atoms with Crippen LogP contribution in [-0.4, -0.2) is 31.7 Å². The molecular weight excluding hydrogens is 558 g/mol. The molecule has 0 radical (unpaired) electrons. The van der Waals surface area contributed by atoms with Gasteiger partial charge in [-0.2, -0.15) is 14.0 Å². The normalized spacial score (nSPS) is 34.0. The maximum absolute atomic E-state index is 15.3. The van der Waals surface area contributed by atoms with Gasteiger partial charge in [0, 0.05) is 11.8 Å². The molecule has 1 heterocycles. The minimum absolute atomic E-state index is 0.0727. The van der Waals surface area contributed by atoms with Crippen molar-refractivity contribution in [1.82, 2.24) is 0 Å². The minimum Gasteiger partial charge on any atom is -0.352 e. The fourth-order valence-corrected chi connectivity index (χ4v) is 8.26. The van der Waals surface area contributed by atoms with E-state index in [1.807, 2.05) is 0 Å². The standard InChI is InChI=1S/C35H49F4NO3/c1-2-3-4-5-23-21-41-34(42-22-23)27-8-6-24(7-9-27)25-10-14-29(15-11-25)35(38,39)43-30-16-12-26(13-17-30)28-18-32(36)31(20-40)33(37)19-28/h18-19,23-27,29-30,34H,2-17,21-22H2,1H3. The first kappa shape index (κ1) is 32.7. The molecule has 1 aromatic rings. The molecule has 4 fully saturated rings. The second-order valence-corrected chi connectivity index (χ2v) is 13.8. The quantitative estimate of drug-likeness (QED) is 0.196. The van der Waals surface area contributed by atoms with Crippen molar-refractivity contribution >= 4 is 0 Å². The van der Waals surface area contributed by atoms with Crippen molar-refractivity contribution in [3.8, 4) is 6.07 Å². The lowest BCUT2D eigenvalue weighted by atomic mass is 9.69. The smallest absolute Gasteiger partial charge is 0.352 e. The van der Waals surface area contributed by atoms with E-state index >= 15 is 8.78 Å². The topological polar surface area (TPSA) is 51.5 Å². The summed E-state index contributed by atoms with van der Waals surface area (Å²) in [5, 5.41) is 8.89. The number of halogens is 4. The van der Waals surface area contributed by atoms with Crippen molar-refractivity contribution in [2.45, 2.75) is 134 Å². The van der Waals surface area contributed by atoms with Gasteiger partial charge in [-0.15, -0.1) is 0 Å². The van der Waals surface area contributed by atoms with Crippen LogP contribution >= 0.6 is 0 Å². The predicted octanol–water partition coefficient (Wildman–Crippen LogP) is 9.65. The van der Waals surface area contributed by atoms with E-state index in [1.165, 1.54) is 43.9 Å². The molecule has 0 N–H and O–H groups in total. The lowest BCUT2D eigenvalue weighted by molar-refractivity contribution is -0.301. The van der Waals surface area contributed by atoms with E-state index in [0.29, 0.717) is 67.8 Å². The molecule has 4 aliphatic rings. The van der Waals surface area contributed by atoms with Gasteiger partial charge in [-0.3, -0.25) is 0 Å². The third-order valence-electron chi connectivity index (χ3n) is 11.0. The lowest BCUT2D eigenvalue weighted by Gasteiger charge is -2.42. The number of nitriles is 1. The molecule has 5 rings (SSSR count). The van der Waals surface area contributed by atoms with Gasteiger partial charge >= 0.3 is 6.11 Å². The molecule has 43 heavy (non-hydrogen) atoms. The zero-order valence-electron chi connectivity index (χ0n) is 25.7. The summed E-state index contributed by atoms with van der Waals surface area (Å²) in [5.74, 6) is -0.538. The van der Waals surface area contributed by atoms with Gasteiger partial charge in [0.2, 0.25) is 0 Å². The first-order valence-corrected chi connectivity index (χ1v) is 16.9. The zero-order valence-corrected chi connectivity index (χ0v) is 25.7. The summed E-state index contributed by atoms with van der Waals surface area (Å²) in [6.07, 6.45) is 10.2. The second-order valence-electron chi connectivity index (χ2n) is 13.8. The highest BCUT2D eigenvalue weighted by Gasteiger charge is 2.46. The molecule has 3 aliphatic carbocycles. The Morgan fingerprint density at radius 3 is 1.93 bits per heavy atom. The molecule has 240 valence electrons. The second kappa shape index (κ2) is 15.1. The van der Waals surface area contributed by atoms with E-state index in [-0.39, 0.29) is 12.2 Å². The fraction of sp³-hybridized carbons (Fsp3) is 0.800. The van der Waals surface area contributed by atoms with Crippen molar-refractivity contribution in [2.75, 3.05) is 13.2 Å². The highest BCUT2D eigenvalue weighted by Crippen LogP contribution is 2.47. The van der Waals surface area contributed by atoms with Gasteiger partial charge in [0.1, 0.15) is 23.3 Å². The lowest BCUT2D eigenvalue weighted by Crippen LogP contribution is -2.41. The van der Waals surface area contributed by atoms with Crippen molar-refractivity contribution in [3.63, 3.8) is 0 Å². The third-order valence-corrected chi connectivity index (χ3v) is 11.0. The Morgan fingerprint density at radius 1 is 0.814 bits per heavy atom. The summed E-state index contributed by atoms with van der Waals surface area (Å²) in [6, 6.07) is 3.94. The van der Waals surface area contributed by atoms with Crippen molar-refractivity contribution in [1.29, 1.82) is 5.26 Å². The monoisotopic (exact) mass is 607 g/mol. The number of benzene rings is 1. The van der Waals surface area contributed by atoms with Crippen LogP contribution < -0.4 is 0 Å². The molecule has 0 unspecified atom stereocenters. The average molecular weight is 608 g/mol. The first-order chi connectivity index (χ1) is 20.8. The van der Waals surface area contributed by atoms with Crippen LogP contribution in [0.5, 0.6) is 0 Å². The first-order valence-electron chi connectivity index (χ1n) is 16.9. The molecule has 3 saturated carbocycles. The highest BCUT2D eigenvalue weighted by molar-refractivity contribution is 5.36. The van der Waals surface area contributed by atoms with Crippen molar-refractivity contribution in [2.24, 2.45) is 29.6 Å². The average Bonchev–Trinajstić information content (AvgIpc) is 3.02. The fourth-order valence-electron chi connectivity index (χ4n) is 8.26. The Labute approximate surface area is 254 Å². The van der Waals surface area contributed by atoms with Crippen LogP contribution in [-0.2, 0) is 14.2 Å². The van der Waals surface area contributed by atoms with E-state index in [2.05, 4.69) is 6.92 Å². The van der Waals surface area contributed by atoms with E-state index < -0.39 is 35.3 Å². The molecule has 8 heteroatoms. The predicted molar refractivity (Wildman–Crippen MR) is 156 cm³/mol. The number of alkyl halides is 2. The number of ether oxygens (including phenoxy) is 3. The van der Waals surface area contributed by atoms with Crippen LogP contribution in [0.15, 0.2) is 12.1 Å². The van der Waals surface area contributed by atoms with Crippen molar-refractivity contribution in [3.05, 3.63) is 34.9 Å². The van der Waals surface area contributed by atoms with Crippen LogP contribution in [0, 0.1) is 52.6 Å². The SMILES string of the molecule is CCCCCC1COC(C2CCC(C3CCC(C(F)(F)OC4CCC(c5cc(F)c(C#N)c(F)c5)CC4)CC3)CC2)OC1. The largest absolute Gasteiger partial charge is 0.358 e. The Bertz CT molecular complexity index is 1040. The van der Waals surface area contributed by atoms with Crippen LogP contribution in [0.1, 0.15) is 127 Å². The zero-order chi connectivity index (χ0) is 30.4. The molecule has 0 aromatic heterocycles. The number of hydrogen-bond donors (Lipinski definition) is 0. The van der Waals surface area contributed by atoms with Crippen LogP contribution in [0.3, 0.4) is 0 Å². The van der Waals surface area contributed by atoms with E-state index in [1.54, 1.807) is 0 Å². The summed E-state index contributed by atoms with van der Waals surface area (Å²) in [6.45, 7) is 3.85. The summed E-state index contributed by atoms with van der Waals surface area (Å²) in [5.41, 5.74) is -0.102. The number of unbranched alkanes of at least 4 members (excludes halogenated alkanes) is 2. The Morgan fingerprint density at radius 2 is 1.37 bits per heavy atom. The van der Waals surface area contributed by atoms with Gasteiger partial charge in [-0.25, -0.2) is 8.78 Å². The summed E-state index contributed by atoms with van der Waals surface area (Å²) in [7, 11) is 0. The number of rotatable bonds is 10. The van der Waals surface area contributed by atoms with Crippen LogP contribution in [0.4, 0.5) is 17.6 Å². The molecule has 1 saturated heterocycles. The van der Waals surface area contributed by atoms with Crippen LogP contribution in [0.2, 0.25) is 0 Å². The van der Waals surface area contributed by atoms with Gasteiger partial charge in [-0.05, 0) is 119 Å². The highest BCUT2D eigenvalue weighted by atomic mass is 19.3. The summed E-state index contributed by atoms with van der Waals surface area (Å²) in [4.78, 5) is 0. The Kier molecular flexibility index (Phi) is 11.5. The Hall–Kier alpha value is -1.69. The third kappa shape index (κ3) is 8.32. The maximum Gasteiger partial charge on any atom is 0.358 e. The molecule has 1 aromatic carbocycles. The molecule has 4 nitrogen and oxygen atoms in total. The molecule has 0 spiro atoms. The molecule has 1 aliphatic heterocycles. The number of nitrogens with zero attached hydrogens (tertiary/aromatic N) is 1. The van der Waals surface area contributed by atoms with Gasteiger partial charge in [0.15, 0.2) is 6.29 Å². The van der Waals surface area contributed by atoms with Crippen LogP contribution in [0.25, 0.3) is 0 Å². The molecule has 0 atom stereocenters. The molecule has 0 amide bonds. The van der Waals surface area contributed by atoms with Gasteiger partial charge in [0.25, 0.3) is 0 Å². The van der Waals surface area contributed by atoms with Gasteiger partial charge in [-0.1, -0.05) is 26.2 Å². The number of hydrogen-bond acceptors (Lipinski definition) is 4. The van der Waals surface area contributed by atoms with Gasteiger partial charge < -0.3 is 14.2 Å². The van der Waals surface area contributed by atoms with E-state index in [9.17, 15) is 8.78 Å². The summed E-state index contributed by atoms with van der Waals surface area (Å²) < 4.78 is 76.4. The van der Waals surface area contributed by atoms with Gasteiger partial charge in [0.05, 0.1) is 25.2 Å². The van der Waals surface area contributed by atoms with E-state index in [0.717, 1.165) is 51.7 Å². The molecular formula is C35H49F4NO3. The Balaban J connectivity index is 1.01. The molecule has 0 bridgehead atoms. The minimum atomic E-state index is -3.16.